The third-order valence-electron chi connectivity index (χ3n) is 7.93. The average molecular weight is 543 g/mol. The molecule has 8 heteroatoms. The predicted octanol–water partition coefficient (Wildman–Crippen LogP) is 5.39. The molecule has 0 bridgehead atoms. The van der Waals surface area contributed by atoms with Crippen LogP contribution in [0.1, 0.15) is 71.4 Å². The van der Waals surface area contributed by atoms with Gasteiger partial charge in [0.2, 0.25) is 5.91 Å². The SMILES string of the molecule is CCC(C(=O)N1CCCN(c2ccc(NC(=O)c3ccco3)cc2C(=O)N2CCCCC2)CC1)c1ccccc1. The summed E-state index contributed by atoms with van der Waals surface area (Å²) in [6, 6.07) is 18.8. The smallest absolute Gasteiger partial charge is 0.291 e. The van der Waals surface area contributed by atoms with E-state index in [0.717, 1.165) is 63.0 Å². The second-order valence-corrected chi connectivity index (χ2v) is 10.6. The van der Waals surface area contributed by atoms with Crippen molar-refractivity contribution in [3.8, 4) is 0 Å². The lowest BCUT2D eigenvalue weighted by Crippen LogP contribution is -2.39. The van der Waals surface area contributed by atoms with E-state index < -0.39 is 0 Å². The van der Waals surface area contributed by atoms with Crippen molar-refractivity contribution in [1.29, 1.82) is 0 Å². The molecule has 3 heterocycles. The van der Waals surface area contributed by atoms with Crippen LogP contribution >= 0.6 is 0 Å². The minimum Gasteiger partial charge on any atom is -0.459 e. The first-order valence-electron chi connectivity index (χ1n) is 14.4. The molecule has 0 saturated carbocycles. The molecule has 8 nitrogen and oxygen atoms in total. The van der Waals surface area contributed by atoms with Crippen LogP contribution in [0.25, 0.3) is 0 Å². The highest BCUT2D eigenvalue weighted by Crippen LogP contribution is 2.29. The van der Waals surface area contributed by atoms with Crippen molar-refractivity contribution in [2.24, 2.45) is 0 Å². The number of piperidine rings is 1. The van der Waals surface area contributed by atoms with E-state index in [9.17, 15) is 14.4 Å². The first-order chi connectivity index (χ1) is 19.5. The fraction of sp³-hybridized carbons (Fsp3) is 0.406. The standard InChI is InChI=1S/C32H38N4O4/c1-2-26(24-11-5-3-6-12-24)31(38)36-19-10-18-34(20-21-36)28-15-14-25(33-30(37)29-13-9-22-40-29)23-27(28)32(39)35-16-7-4-8-17-35/h3,5-6,9,11-15,22-23,26H,2,4,7-8,10,16-21H2,1H3,(H,33,37). The van der Waals surface area contributed by atoms with Crippen molar-refractivity contribution in [2.45, 2.75) is 44.9 Å². The number of hydrogen-bond acceptors (Lipinski definition) is 5. The van der Waals surface area contributed by atoms with E-state index in [0.29, 0.717) is 30.9 Å². The van der Waals surface area contributed by atoms with Gasteiger partial charge in [0.25, 0.3) is 11.8 Å². The minimum atomic E-state index is -0.359. The normalized spacial score (nSPS) is 16.8. The van der Waals surface area contributed by atoms with Crippen LogP contribution in [0.2, 0.25) is 0 Å². The van der Waals surface area contributed by atoms with Crippen LogP contribution in [0.4, 0.5) is 11.4 Å². The van der Waals surface area contributed by atoms with Crippen molar-refractivity contribution in [3.63, 3.8) is 0 Å². The maximum Gasteiger partial charge on any atom is 0.291 e. The molecule has 40 heavy (non-hydrogen) atoms. The zero-order valence-electron chi connectivity index (χ0n) is 23.2. The van der Waals surface area contributed by atoms with E-state index in [4.69, 9.17) is 4.42 Å². The van der Waals surface area contributed by atoms with Crippen LogP contribution in [0.3, 0.4) is 0 Å². The summed E-state index contributed by atoms with van der Waals surface area (Å²) < 4.78 is 5.23. The van der Waals surface area contributed by atoms with E-state index in [2.05, 4.69) is 17.1 Å². The molecule has 2 aliphatic rings. The lowest BCUT2D eigenvalue weighted by atomic mass is 9.95. The fourth-order valence-corrected chi connectivity index (χ4v) is 5.77. The summed E-state index contributed by atoms with van der Waals surface area (Å²) in [5.74, 6) is -0.151. The van der Waals surface area contributed by atoms with Crippen molar-refractivity contribution in [1.82, 2.24) is 9.80 Å². The Labute approximate surface area is 235 Å². The number of amides is 3. The lowest BCUT2D eigenvalue weighted by molar-refractivity contribution is -0.132. The third kappa shape index (κ3) is 6.22. The Balaban J connectivity index is 1.36. The first-order valence-corrected chi connectivity index (χ1v) is 14.4. The molecule has 3 aromatic rings. The highest BCUT2D eigenvalue weighted by Gasteiger charge is 2.29. The topological polar surface area (TPSA) is 86.1 Å². The molecule has 210 valence electrons. The van der Waals surface area contributed by atoms with Gasteiger partial charge in [-0.2, -0.15) is 0 Å². The molecule has 2 fully saturated rings. The molecular weight excluding hydrogens is 504 g/mol. The van der Waals surface area contributed by atoms with E-state index >= 15 is 0 Å². The van der Waals surface area contributed by atoms with Crippen LogP contribution in [0.5, 0.6) is 0 Å². The average Bonchev–Trinajstić information content (AvgIpc) is 3.43. The number of hydrogen-bond donors (Lipinski definition) is 1. The van der Waals surface area contributed by atoms with Crippen LogP contribution < -0.4 is 10.2 Å². The molecule has 1 atom stereocenters. The van der Waals surface area contributed by atoms with Crippen molar-refractivity contribution >= 4 is 29.1 Å². The van der Waals surface area contributed by atoms with Gasteiger partial charge in [-0.3, -0.25) is 14.4 Å². The second-order valence-electron chi connectivity index (χ2n) is 10.6. The fourth-order valence-electron chi connectivity index (χ4n) is 5.77. The quantitative estimate of drug-likeness (QED) is 0.433. The highest BCUT2D eigenvalue weighted by molar-refractivity contribution is 6.05. The van der Waals surface area contributed by atoms with Gasteiger partial charge >= 0.3 is 0 Å². The molecule has 2 saturated heterocycles. The molecule has 2 aromatic carbocycles. The minimum absolute atomic E-state index is 0.0175. The Bertz CT molecular complexity index is 1300. The van der Waals surface area contributed by atoms with Gasteiger partial charge in [0.15, 0.2) is 5.76 Å². The predicted molar refractivity (Wildman–Crippen MR) is 156 cm³/mol. The van der Waals surface area contributed by atoms with Crippen LogP contribution in [0.15, 0.2) is 71.3 Å². The summed E-state index contributed by atoms with van der Waals surface area (Å²) in [7, 11) is 0. The summed E-state index contributed by atoms with van der Waals surface area (Å²) in [5, 5.41) is 2.87. The summed E-state index contributed by atoms with van der Waals surface area (Å²) in [6.45, 7) is 6.19. The molecule has 0 aliphatic carbocycles. The number of rotatable bonds is 7. The second kappa shape index (κ2) is 12.9. The Morgan fingerprint density at radius 1 is 0.825 bits per heavy atom. The number of carbonyl (C=O) groups is 3. The van der Waals surface area contributed by atoms with Gasteiger partial charge in [0.1, 0.15) is 0 Å². The molecular formula is C32H38N4O4. The van der Waals surface area contributed by atoms with Gasteiger partial charge < -0.3 is 24.4 Å². The number of likely N-dealkylation sites (tertiary alicyclic amines) is 1. The zero-order valence-corrected chi connectivity index (χ0v) is 23.2. The lowest BCUT2D eigenvalue weighted by Gasteiger charge is -2.31. The van der Waals surface area contributed by atoms with E-state index in [1.54, 1.807) is 18.2 Å². The largest absolute Gasteiger partial charge is 0.459 e. The van der Waals surface area contributed by atoms with Gasteiger partial charge in [-0.1, -0.05) is 37.3 Å². The molecule has 0 radical (unpaired) electrons. The number of nitrogens with one attached hydrogen (secondary N) is 1. The van der Waals surface area contributed by atoms with E-state index in [1.165, 1.54) is 6.26 Å². The van der Waals surface area contributed by atoms with E-state index in [-0.39, 0.29) is 29.4 Å². The number of anilines is 2. The summed E-state index contributed by atoms with van der Waals surface area (Å²) in [4.78, 5) is 46.1. The van der Waals surface area contributed by atoms with Gasteiger partial charge in [-0.25, -0.2) is 0 Å². The monoisotopic (exact) mass is 542 g/mol. The molecule has 2 aliphatic heterocycles. The Morgan fingerprint density at radius 3 is 2.33 bits per heavy atom. The molecule has 0 spiro atoms. The molecule has 1 N–H and O–H groups in total. The molecule has 5 rings (SSSR count). The first kappa shape index (κ1) is 27.5. The third-order valence-corrected chi connectivity index (χ3v) is 7.93. The maximum absolute atomic E-state index is 13.8. The summed E-state index contributed by atoms with van der Waals surface area (Å²) in [6.07, 6.45) is 6.15. The maximum atomic E-state index is 13.8. The number of benzene rings is 2. The number of carbonyl (C=O) groups excluding carboxylic acids is 3. The van der Waals surface area contributed by atoms with Crippen molar-refractivity contribution in [2.75, 3.05) is 49.5 Å². The Morgan fingerprint density at radius 2 is 1.60 bits per heavy atom. The molecule has 3 amide bonds. The van der Waals surface area contributed by atoms with Crippen molar-refractivity contribution < 1.29 is 18.8 Å². The van der Waals surface area contributed by atoms with Crippen LogP contribution in [-0.4, -0.2) is 66.8 Å². The zero-order chi connectivity index (χ0) is 27.9. The van der Waals surface area contributed by atoms with Gasteiger partial charge in [-0.05, 0) is 68.0 Å². The van der Waals surface area contributed by atoms with Gasteiger partial charge in [0.05, 0.1) is 17.7 Å². The van der Waals surface area contributed by atoms with Gasteiger partial charge in [-0.15, -0.1) is 0 Å². The molecule has 1 unspecified atom stereocenters. The number of furan rings is 1. The van der Waals surface area contributed by atoms with E-state index in [1.807, 2.05) is 52.3 Å². The summed E-state index contributed by atoms with van der Waals surface area (Å²) in [5.41, 5.74) is 3.02. The van der Waals surface area contributed by atoms with Crippen LogP contribution in [0, 0.1) is 0 Å². The van der Waals surface area contributed by atoms with Crippen molar-refractivity contribution in [3.05, 3.63) is 83.8 Å². The number of nitrogens with zero attached hydrogens (tertiary/aromatic N) is 3. The van der Waals surface area contributed by atoms with Crippen LogP contribution in [-0.2, 0) is 4.79 Å². The highest BCUT2D eigenvalue weighted by atomic mass is 16.3. The summed E-state index contributed by atoms with van der Waals surface area (Å²) >= 11 is 0. The van der Waals surface area contributed by atoms with Gasteiger partial charge in [0, 0.05) is 50.6 Å². The Kier molecular flexibility index (Phi) is 8.84. The Hall–Kier alpha value is -4.07. The molecule has 1 aromatic heterocycles.